The van der Waals surface area contributed by atoms with Gasteiger partial charge in [-0.1, -0.05) is 95.7 Å². The van der Waals surface area contributed by atoms with Crippen molar-refractivity contribution in [3.8, 4) is 22.5 Å². The summed E-state index contributed by atoms with van der Waals surface area (Å²) < 4.78 is 55.9. The summed E-state index contributed by atoms with van der Waals surface area (Å²) in [7, 11) is 0. The predicted octanol–water partition coefficient (Wildman–Crippen LogP) is 12.4. The summed E-state index contributed by atoms with van der Waals surface area (Å²) in [6, 6.07) is 40.2. The first-order chi connectivity index (χ1) is 26.3. The summed E-state index contributed by atoms with van der Waals surface area (Å²) in [5.41, 5.74) is 4.58. The standard InChI is InChI=1S/C34H32N.C12H10N.Ir/c1-23-22-35-33(21-31(23)24-14-18-34(19-15-24)16-6-7-17-34)25-12-13-30-28-10-3-2-8-26(28)27-9-4-5-11-29(27)32(30)20-25;1-10-7-8-12(13-9-10)11-5-3-2-4-6-11;/h2-5,8-11,13,20-22,24H,6-7,14-19H2,1H3;2-5,7-9H,1H3;/q2*-1;/i1D3,24D;1D3;. The molecule has 9 rings (SSSR count). The van der Waals surface area contributed by atoms with Gasteiger partial charge in [0.25, 0.3) is 0 Å². The molecular weight excluding hydrogens is 773 g/mol. The van der Waals surface area contributed by atoms with E-state index in [0.717, 1.165) is 40.4 Å². The Hall–Kier alpha value is -4.17. The van der Waals surface area contributed by atoms with E-state index in [9.17, 15) is 1.37 Å². The molecule has 0 aliphatic heterocycles. The van der Waals surface area contributed by atoms with Gasteiger partial charge in [0.15, 0.2) is 0 Å². The van der Waals surface area contributed by atoms with Crippen LogP contribution in [-0.2, 0) is 20.1 Å². The summed E-state index contributed by atoms with van der Waals surface area (Å²) in [5.74, 6) is -0.908. The van der Waals surface area contributed by atoms with Crippen LogP contribution in [0.2, 0.25) is 0 Å². The number of fused-ring (bicyclic) bond motifs is 6. The van der Waals surface area contributed by atoms with Crippen LogP contribution in [-0.4, -0.2) is 9.97 Å². The zero-order chi connectivity index (χ0) is 38.4. The third-order valence-corrected chi connectivity index (χ3v) is 10.6. The number of pyridine rings is 2. The van der Waals surface area contributed by atoms with E-state index in [1.165, 1.54) is 59.6 Å². The molecule has 0 bridgehead atoms. The monoisotopic (exact) mass is 822 g/mol. The topological polar surface area (TPSA) is 25.8 Å². The molecule has 247 valence electrons. The molecule has 5 aromatic carbocycles. The molecule has 2 aliphatic carbocycles. The van der Waals surface area contributed by atoms with E-state index < -0.39 is 19.6 Å². The Labute approximate surface area is 314 Å². The first kappa shape index (κ1) is 25.8. The normalized spacial score (nSPS) is 18.9. The molecule has 2 heterocycles. The largest absolute Gasteiger partial charge is 0.304 e. The minimum atomic E-state index is -2.31. The summed E-state index contributed by atoms with van der Waals surface area (Å²) in [6.45, 7) is -4.40. The summed E-state index contributed by atoms with van der Waals surface area (Å²) in [4.78, 5) is 8.77. The van der Waals surface area contributed by atoms with Gasteiger partial charge in [-0.2, -0.15) is 0 Å². The zero-order valence-electron chi connectivity index (χ0n) is 34.4. The van der Waals surface area contributed by atoms with Crippen LogP contribution in [0.4, 0.5) is 0 Å². The Balaban J connectivity index is 0.000000238. The molecule has 2 saturated carbocycles. The van der Waals surface area contributed by atoms with Crippen LogP contribution in [0.25, 0.3) is 54.8 Å². The van der Waals surface area contributed by atoms with Crippen molar-refractivity contribution in [2.45, 2.75) is 71.0 Å². The molecule has 1 spiro atoms. The van der Waals surface area contributed by atoms with Gasteiger partial charge < -0.3 is 9.97 Å². The van der Waals surface area contributed by atoms with Gasteiger partial charge in [-0.05, 0) is 108 Å². The van der Waals surface area contributed by atoms with Crippen molar-refractivity contribution in [1.29, 1.82) is 0 Å². The van der Waals surface area contributed by atoms with Crippen molar-refractivity contribution in [2.75, 3.05) is 0 Å². The molecule has 7 aromatic rings. The predicted molar refractivity (Wildman–Crippen MR) is 201 cm³/mol. The molecule has 0 atom stereocenters. The van der Waals surface area contributed by atoms with Crippen LogP contribution in [0.1, 0.15) is 83.5 Å². The maximum Gasteiger partial charge on any atom is 0.0352 e. The first-order valence-corrected chi connectivity index (χ1v) is 17.0. The second-order valence-corrected chi connectivity index (χ2v) is 13.4. The molecule has 0 N–H and O–H groups in total. The Kier molecular flexibility index (Phi) is 7.55. The van der Waals surface area contributed by atoms with Gasteiger partial charge in [0.1, 0.15) is 0 Å². The van der Waals surface area contributed by atoms with Crippen molar-refractivity contribution in [3.63, 3.8) is 0 Å². The molecule has 0 saturated heterocycles. The molecule has 2 nitrogen and oxygen atoms in total. The summed E-state index contributed by atoms with van der Waals surface area (Å²) in [5, 5.41) is 7.05. The number of aromatic nitrogens is 2. The fraction of sp³-hybridized carbons (Fsp3) is 0.261. The van der Waals surface area contributed by atoms with Gasteiger partial charge >= 0.3 is 0 Å². The fourth-order valence-electron chi connectivity index (χ4n) is 7.97. The molecule has 2 aliphatic rings. The number of hydrogen-bond donors (Lipinski definition) is 0. The van der Waals surface area contributed by atoms with Crippen molar-refractivity contribution in [1.82, 2.24) is 9.97 Å². The minimum Gasteiger partial charge on any atom is -0.304 e. The molecule has 0 amide bonds. The fourth-order valence-corrected chi connectivity index (χ4v) is 7.97. The van der Waals surface area contributed by atoms with E-state index >= 15 is 0 Å². The SMILES string of the molecule is [2H]C([2H])([2H])c1ccc(-c2[c-]cccc2)nc1.[2H]C([2H])([2H])c1cnc(-c2[c-]cc3c4ccccc4c4ccccc4c3c2)cc1C1([2H])CCC2(CCCC2)CC1.[Ir]. The van der Waals surface area contributed by atoms with Crippen molar-refractivity contribution < 1.29 is 29.7 Å². The van der Waals surface area contributed by atoms with Crippen LogP contribution in [0.15, 0.2) is 116 Å². The quantitative estimate of drug-likeness (QED) is 0.131. The third kappa shape index (κ3) is 6.72. The average Bonchev–Trinajstić information content (AvgIpc) is 3.67. The molecule has 3 heteroatoms. The van der Waals surface area contributed by atoms with Crippen molar-refractivity contribution >= 4 is 32.3 Å². The van der Waals surface area contributed by atoms with Gasteiger partial charge in [0.05, 0.1) is 0 Å². The number of hydrogen-bond acceptors (Lipinski definition) is 2. The maximum atomic E-state index is 9.53. The van der Waals surface area contributed by atoms with Gasteiger partial charge in [-0.3, -0.25) is 0 Å². The van der Waals surface area contributed by atoms with Gasteiger partial charge in [-0.15, -0.1) is 59.7 Å². The van der Waals surface area contributed by atoms with E-state index in [-0.39, 0.29) is 31.2 Å². The van der Waals surface area contributed by atoms with Gasteiger partial charge in [0, 0.05) is 42.1 Å². The second kappa shape index (κ2) is 14.4. The smallest absolute Gasteiger partial charge is 0.0352 e. The Morgan fingerprint density at radius 2 is 1.33 bits per heavy atom. The van der Waals surface area contributed by atoms with Crippen molar-refractivity contribution in [2.24, 2.45) is 5.41 Å². The Morgan fingerprint density at radius 1 is 0.653 bits per heavy atom. The minimum absolute atomic E-state index is 0. The number of rotatable bonds is 3. The maximum absolute atomic E-state index is 9.53. The first-order valence-electron chi connectivity index (χ1n) is 20.5. The molecule has 49 heavy (non-hydrogen) atoms. The van der Waals surface area contributed by atoms with Crippen LogP contribution >= 0.6 is 0 Å². The Bertz CT molecular complexity index is 2440. The van der Waals surface area contributed by atoms with Crippen LogP contribution < -0.4 is 0 Å². The zero-order valence-corrected chi connectivity index (χ0v) is 29.7. The summed E-state index contributed by atoms with van der Waals surface area (Å²) >= 11 is 0. The molecule has 0 unspecified atom stereocenters. The second-order valence-electron chi connectivity index (χ2n) is 13.4. The molecular formula is C46H42IrN2-2. The van der Waals surface area contributed by atoms with E-state index in [0.29, 0.717) is 29.5 Å². The Morgan fingerprint density at radius 3 is 1.96 bits per heavy atom. The third-order valence-electron chi connectivity index (χ3n) is 10.6. The number of nitrogens with zero attached hydrogens (tertiary/aromatic N) is 2. The van der Waals surface area contributed by atoms with Gasteiger partial charge in [-0.25, -0.2) is 0 Å². The van der Waals surface area contributed by atoms with Gasteiger partial charge in [0.2, 0.25) is 0 Å². The number of benzene rings is 5. The van der Waals surface area contributed by atoms with Crippen LogP contribution in [0.5, 0.6) is 0 Å². The van der Waals surface area contributed by atoms with E-state index in [2.05, 4.69) is 76.7 Å². The van der Waals surface area contributed by atoms with Crippen LogP contribution in [0, 0.1) is 31.3 Å². The van der Waals surface area contributed by atoms with E-state index in [1.807, 2.05) is 30.3 Å². The molecule has 1 radical (unpaired) electrons. The summed E-state index contributed by atoms with van der Waals surface area (Å²) in [6.07, 6.45) is 11.4. The molecule has 2 fully saturated rings. The molecule has 2 aromatic heterocycles. The van der Waals surface area contributed by atoms with E-state index in [1.54, 1.807) is 18.2 Å². The van der Waals surface area contributed by atoms with Crippen molar-refractivity contribution in [3.05, 3.63) is 144 Å². The number of aryl methyl sites for hydroxylation is 2. The average molecular weight is 822 g/mol. The van der Waals surface area contributed by atoms with E-state index in [4.69, 9.17) is 8.22 Å². The van der Waals surface area contributed by atoms with Crippen LogP contribution in [0.3, 0.4) is 0 Å².